The van der Waals surface area contributed by atoms with E-state index in [1.54, 1.807) is 6.20 Å². The molecule has 1 aromatic heterocycles. The second kappa shape index (κ2) is 8.58. The van der Waals surface area contributed by atoms with Gasteiger partial charge in [0.15, 0.2) is 5.78 Å². The van der Waals surface area contributed by atoms with Crippen LogP contribution in [0.2, 0.25) is 0 Å². The van der Waals surface area contributed by atoms with E-state index in [1.807, 2.05) is 48.7 Å². The topological polar surface area (TPSA) is 42.4 Å². The van der Waals surface area contributed by atoms with Crippen molar-refractivity contribution in [1.29, 1.82) is 0 Å². The van der Waals surface area contributed by atoms with E-state index in [2.05, 4.69) is 36.1 Å². The normalized spacial score (nSPS) is 13.3. The SMILES string of the molecule is CN(C)CCC(CC(=O)c1ccc2c(c1)OCc1cnccc1-2)c1ccccc1. The number of nitrogens with zero attached hydrogens (tertiary/aromatic N) is 2. The molecule has 0 aliphatic carbocycles. The number of rotatable bonds is 7. The van der Waals surface area contributed by atoms with E-state index in [0.29, 0.717) is 18.6 Å². The molecule has 1 aliphatic rings. The fraction of sp³-hybridized carbons (Fsp3) is 0.280. The van der Waals surface area contributed by atoms with Crippen LogP contribution < -0.4 is 4.74 Å². The number of hydrogen-bond donors (Lipinski definition) is 0. The Labute approximate surface area is 172 Å². The molecule has 4 heteroatoms. The second-order valence-corrected chi connectivity index (χ2v) is 7.86. The largest absolute Gasteiger partial charge is 0.488 e. The molecule has 0 spiro atoms. The molecule has 2 heterocycles. The van der Waals surface area contributed by atoms with Crippen LogP contribution >= 0.6 is 0 Å². The van der Waals surface area contributed by atoms with Crippen LogP contribution in [0, 0.1) is 0 Å². The van der Waals surface area contributed by atoms with Gasteiger partial charge >= 0.3 is 0 Å². The molecule has 0 saturated carbocycles. The van der Waals surface area contributed by atoms with Crippen LogP contribution in [0.25, 0.3) is 11.1 Å². The number of fused-ring (bicyclic) bond motifs is 3. The smallest absolute Gasteiger partial charge is 0.163 e. The third-order valence-electron chi connectivity index (χ3n) is 5.51. The van der Waals surface area contributed by atoms with E-state index >= 15 is 0 Å². The van der Waals surface area contributed by atoms with Gasteiger partial charge in [0.25, 0.3) is 0 Å². The molecule has 29 heavy (non-hydrogen) atoms. The zero-order valence-corrected chi connectivity index (χ0v) is 17.0. The monoisotopic (exact) mass is 386 g/mol. The highest BCUT2D eigenvalue weighted by Gasteiger charge is 2.21. The van der Waals surface area contributed by atoms with Gasteiger partial charge in [0.1, 0.15) is 12.4 Å². The van der Waals surface area contributed by atoms with Gasteiger partial charge in [0.05, 0.1) is 0 Å². The Balaban J connectivity index is 1.56. The summed E-state index contributed by atoms with van der Waals surface area (Å²) in [7, 11) is 4.14. The van der Waals surface area contributed by atoms with E-state index < -0.39 is 0 Å². The third kappa shape index (κ3) is 4.38. The van der Waals surface area contributed by atoms with Crippen molar-refractivity contribution < 1.29 is 9.53 Å². The molecule has 0 bridgehead atoms. The van der Waals surface area contributed by atoms with Crippen molar-refractivity contribution in [3.63, 3.8) is 0 Å². The summed E-state index contributed by atoms with van der Waals surface area (Å²) in [5.74, 6) is 1.14. The van der Waals surface area contributed by atoms with Crippen LogP contribution in [-0.2, 0) is 6.61 Å². The number of benzene rings is 2. The van der Waals surface area contributed by atoms with Gasteiger partial charge in [-0.2, -0.15) is 0 Å². The van der Waals surface area contributed by atoms with Gasteiger partial charge in [-0.1, -0.05) is 36.4 Å². The van der Waals surface area contributed by atoms with Gasteiger partial charge in [-0.15, -0.1) is 0 Å². The highest BCUT2D eigenvalue weighted by molar-refractivity contribution is 5.98. The number of hydrogen-bond acceptors (Lipinski definition) is 4. The lowest BCUT2D eigenvalue weighted by Gasteiger charge is -2.22. The molecular weight excluding hydrogens is 360 g/mol. The van der Waals surface area contributed by atoms with Crippen molar-refractivity contribution in [2.24, 2.45) is 0 Å². The molecule has 0 N–H and O–H groups in total. The summed E-state index contributed by atoms with van der Waals surface area (Å²) >= 11 is 0. The maximum atomic E-state index is 13.1. The van der Waals surface area contributed by atoms with Crippen LogP contribution in [0.5, 0.6) is 5.75 Å². The third-order valence-corrected chi connectivity index (χ3v) is 5.51. The van der Waals surface area contributed by atoms with E-state index in [4.69, 9.17) is 4.74 Å². The van der Waals surface area contributed by atoms with Crippen LogP contribution in [0.3, 0.4) is 0 Å². The number of carbonyl (C=O) groups excluding carboxylic acids is 1. The van der Waals surface area contributed by atoms with Crippen LogP contribution in [-0.4, -0.2) is 36.3 Å². The first-order valence-corrected chi connectivity index (χ1v) is 10.0. The van der Waals surface area contributed by atoms with Crippen LogP contribution in [0.4, 0.5) is 0 Å². The van der Waals surface area contributed by atoms with Crippen molar-refractivity contribution in [2.75, 3.05) is 20.6 Å². The lowest BCUT2D eigenvalue weighted by molar-refractivity contribution is 0.0970. The quantitative estimate of drug-likeness (QED) is 0.539. The molecular formula is C25H26N2O2. The molecule has 0 radical (unpaired) electrons. The number of pyridine rings is 1. The Kier molecular flexibility index (Phi) is 5.72. The zero-order chi connectivity index (χ0) is 20.2. The fourth-order valence-corrected chi connectivity index (χ4v) is 3.87. The van der Waals surface area contributed by atoms with Crippen molar-refractivity contribution in [1.82, 2.24) is 9.88 Å². The molecule has 1 aliphatic heterocycles. The number of carbonyl (C=O) groups is 1. The van der Waals surface area contributed by atoms with Gasteiger partial charge in [-0.3, -0.25) is 9.78 Å². The highest BCUT2D eigenvalue weighted by Crippen LogP contribution is 2.38. The summed E-state index contributed by atoms with van der Waals surface area (Å²) in [6, 6.07) is 18.2. The average Bonchev–Trinajstić information content (AvgIpc) is 2.76. The average molecular weight is 386 g/mol. The highest BCUT2D eigenvalue weighted by atomic mass is 16.5. The number of Topliss-reactive ketones (excluding diaryl/α,β-unsaturated/α-hetero) is 1. The molecule has 4 rings (SSSR count). The van der Waals surface area contributed by atoms with Crippen LogP contribution in [0.15, 0.2) is 67.0 Å². The number of ether oxygens (including phenoxy) is 1. The summed E-state index contributed by atoms with van der Waals surface area (Å²) in [6.45, 7) is 1.44. The summed E-state index contributed by atoms with van der Waals surface area (Å²) in [5.41, 5.74) is 5.17. The van der Waals surface area contributed by atoms with Gasteiger partial charge in [-0.25, -0.2) is 0 Å². The lowest BCUT2D eigenvalue weighted by atomic mass is 9.88. The summed E-state index contributed by atoms with van der Waals surface area (Å²) in [5, 5.41) is 0. The Morgan fingerprint density at radius 1 is 1.10 bits per heavy atom. The minimum absolute atomic E-state index is 0.157. The van der Waals surface area contributed by atoms with Crippen molar-refractivity contribution in [3.8, 4) is 16.9 Å². The molecule has 148 valence electrons. The first kappa shape index (κ1) is 19.3. The van der Waals surface area contributed by atoms with E-state index in [1.165, 1.54) is 5.56 Å². The van der Waals surface area contributed by atoms with Crippen LogP contribution in [0.1, 0.15) is 40.2 Å². The fourth-order valence-electron chi connectivity index (χ4n) is 3.87. The standard InChI is InChI=1S/C25H26N2O2/c1-27(2)13-11-19(18-6-4-3-5-7-18)14-24(28)20-8-9-23-22-10-12-26-16-21(22)17-29-25(23)15-20/h3-10,12,15-16,19H,11,13-14,17H2,1-2H3. The predicted octanol–water partition coefficient (Wildman–Crippen LogP) is 4.95. The zero-order valence-electron chi connectivity index (χ0n) is 17.0. The summed E-state index contributed by atoms with van der Waals surface area (Å²) < 4.78 is 5.91. The summed E-state index contributed by atoms with van der Waals surface area (Å²) in [4.78, 5) is 19.5. The number of aromatic nitrogens is 1. The maximum Gasteiger partial charge on any atom is 0.163 e. The molecule has 0 amide bonds. The van der Waals surface area contributed by atoms with E-state index in [9.17, 15) is 4.79 Å². The van der Waals surface area contributed by atoms with Crippen molar-refractivity contribution >= 4 is 5.78 Å². The van der Waals surface area contributed by atoms with Gasteiger partial charge < -0.3 is 9.64 Å². The molecule has 2 aromatic carbocycles. The molecule has 1 unspecified atom stereocenters. The Hall–Kier alpha value is -2.98. The molecule has 0 saturated heterocycles. The van der Waals surface area contributed by atoms with Crippen molar-refractivity contribution in [3.05, 3.63) is 83.7 Å². The van der Waals surface area contributed by atoms with Gasteiger partial charge in [0, 0.05) is 35.5 Å². The van der Waals surface area contributed by atoms with E-state index in [-0.39, 0.29) is 11.7 Å². The first-order chi connectivity index (χ1) is 14.1. The van der Waals surface area contributed by atoms with Gasteiger partial charge in [-0.05, 0) is 62.3 Å². The molecule has 1 atom stereocenters. The maximum absolute atomic E-state index is 13.1. The second-order valence-electron chi connectivity index (χ2n) is 7.86. The Bertz CT molecular complexity index is 999. The Morgan fingerprint density at radius 2 is 1.93 bits per heavy atom. The minimum Gasteiger partial charge on any atom is -0.488 e. The first-order valence-electron chi connectivity index (χ1n) is 10.0. The lowest BCUT2D eigenvalue weighted by Crippen LogP contribution is -2.18. The van der Waals surface area contributed by atoms with Gasteiger partial charge in [0.2, 0.25) is 0 Å². The van der Waals surface area contributed by atoms with E-state index in [0.717, 1.165) is 35.4 Å². The Morgan fingerprint density at radius 3 is 2.72 bits per heavy atom. The number of ketones is 1. The molecule has 4 nitrogen and oxygen atoms in total. The van der Waals surface area contributed by atoms with Crippen molar-refractivity contribution in [2.45, 2.75) is 25.4 Å². The molecule has 3 aromatic rings. The summed E-state index contributed by atoms with van der Waals surface area (Å²) in [6.07, 6.45) is 5.08. The molecule has 0 fully saturated rings. The predicted molar refractivity (Wildman–Crippen MR) is 115 cm³/mol. The minimum atomic E-state index is 0.157.